The zero-order valence-electron chi connectivity index (χ0n) is 11.4. The molecular weight excluding hydrogens is 300 g/mol. The molecule has 1 aromatic carbocycles. The fraction of sp³-hybridized carbons (Fsp3) is 0.312. The number of anilines is 1. The van der Waals surface area contributed by atoms with E-state index in [2.05, 4.69) is 76.2 Å². The van der Waals surface area contributed by atoms with Crippen molar-refractivity contribution in [2.75, 3.05) is 18.5 Å². The van der Waals surface area contributed by atoms with Crippen molar-refractivity contribution >= 4 is 21.7 Å². The van der Waals surface area contributed by atoms with Gasteiger partial charge in [-0.2, -0.15) is 0 Å². The molecular formula is C16H19BrN2. The van der Waals surface area contributed by atoms with Gasteiger partial charge in [-0.1, -0.05) is 30.3 Å². The van der Waals surface area contributed by atoms with Gasteiger partial charge >= 0.3 is 0 Å². The van der Waals surface area contributed by atoms with Crippen molar-refractivity contribution in [2.45, 2.75) is 19.8 Å². The second-order valence-electron chi connectivity index (χ2n) is 4.80. The first-order valence-corrected chi connectivity index (χ1v) is 7.33. The Kier molecular flexibility index (Phi) is 4.97. The summed E-state index contributed by atoms with van der Waals surface area (Å²) in [7, 11) is 2.11. The number of pyridine rings is 1. The van der Waals surface area contributed by atoms with Gasteiger partial charge in [0.25, 0.3) is 0 Å². The van der Waals surface area contributed by atoms with E-state index in [0.29, 0.717) is 0 Å². The van der Waals surface area contributed by atoms with Crippen LogP contribution in [0.25, 0.3) is 0 Å². The summed E-state index contributed by atoms with van der Waals surface area (Å²) in [6.07, 6.45) is 4.11. The number of aromatic nitrogens is 1. The predicted molar refractivity (Wildman–Crippen MR) is 84.7 cm³/mol. The van der Waals surface area contributed by atoms with Crippen molar-refractivity contribution in [1.29, 1.82) is 0 Å². The van der Waals surface area contributed by atoms with Gasteiger partial charge in [0.05, 0.1) is 0 Å². The standard InChI is InChI=1S/C16H19BrN2/c1-13-11-15(17)12-18-16(13)19(2)10-6-9-14-7-4-3-5-8-14/h3-5,7-8,11-12H,6,9-10H2,1-2H3. The molecule has 1 heterocycles. The highest BCUT2D eigenvalue weighted by molar-refractivity contribution is 9.10. The lowest BCUT2D eigenvalue weighted by Gasteiger charge is -2.20. The molecule has 0 aliphatic carbocycles. The van der Waals surface area contributed by atoms with E-state index in [1.54, 1.807) is 0 Å². The van der Waals surface area contributed by atoms with Crippen LogP contribution in [0.3, 0.4) is 0 Å². The van der Waals surface area contributed by atoms with Crippen LogP contribution in [0.2, 0.25) is 0 Å². The zero-order valence-corrected chi connectivity index (χ0v) is 13.0. The van der Waals surface area contributed by atoms with Crippen LogP contribution in [0, 0.1) is 6.92 Å². The van der Waals surface area contributed by atoms with Crippen molar-refractivity contribution in [3.63, 3.8) is 0 Å². The molecule has 3 heteroatoms. The van der Waals surface area contributed by atoms with Crippen molar-refractivity contribution < 1.29 is 0 Å². The maximum atomic E-state index is 4.48. The molecule has 0 aliphatic heterocycles. The number of hydrogen-bond donors (Lipinski definition) is 0. The maximum absolute atomic E-state index is 4.48. The Morgan fingerprint density at radius 2 is 1.95 bits per heavy atom. The summed E-state index contributed by atoms with van der Waals surface area (Å²) in [6.45, 7) is 3.12. The van der Waals surface area contributed by atoms with E-state index < -0.39 is 0 Å². The van der Waals surface area contributed by atoms with E-state index in [1.165, 1.54) is 11.1 Å². The molecule has 2 aromatic rings. The third kappa shape index (κ3) is 4.06. The van der Waals surface area contributed by atoms with Crippen LogP contribution < -0.4 is 4.90 Å². The van der Waals surface area contributed by atoms with E-state index >= 15 is 0 Å². The molecule has 2 rings (SSSR count). The summed E-state index contributed by atoms with van der Waals surface area (Å²) in [5.41, 5.74) is 2.60. The molecule has 0 spiro atoms. The molecule has 0 amide bonds. The minimum Gasteiger partial charge on any atom is -0.359 e. The minimum absolute atomic E-state index is 1.02. The van der Waals surface area contributed by atoms with Crippen molar-refractivity contribution in [1.82, 2.24) is 4.98 Å². The molecule has 0 radical (unpaired) electrons. The molecule has 2 nitrogen and oxygen atoms in total. The lowest BCUT2D eigenvalue weighted by atomic mass is 10.1. The van der Waals surface area contributed by atoms with Gasteiger partial charge in [-0.3, -0.25) is 0 Å². The topological polar surface area (TPSA) is 16.1 Å². The summed E-state index contributed by atoms with van der Waals surface area (Å²) in [5.74, 6) is 1.07. The third-order valence-electron chi connectivity index (χ3n) is 3.18. The Labute approximate surface area is 123 Å². The Balaban J connectivity index is 1.89. The normalized spacial score (nSPS) is 10.5. The van der Waals surface area contributed by atoms with Crippen LogP contribution in [0.5, 0.6) is 0 Å². The molecule has 0 aliphatic rings. The van der Waals surface area contributed by atoms with Crippen LogP contribution in [-0.4, -0.2) is 18.6 Å². The largest absolute Gasteiger partial charge is 0.359 e. The highest BCUT2D eigenvalue weighted by Crippen LogP contribution is 2.19. The number of halogens is 1. The van der Waals surface area contributed by atoms with E-state index in [1.807, 2.05) is 6.20 Å². The van der Waals surface area contributed by atoms with Gasteiger partial charge in [0.2, 0.25) is 0 Å². The molecule has 1 aromatic heterocycles. The Hall–Kier alpha value is -1.35. The fourth-order valence-electron chi connectivity index (χ4n) is 2.20. The van der Waals surface area contributed by atoms with E-state index in [4.69, 9.17) is 0 Å². The summed E-state index contributed by atoms with van der Waals surface area (Å²) in [6, 6.07) is 12.7. The molecule has 0 saturated heterocycles. The average Bonchev–Trinajstić information content (AvgIpc) is 2.39. The monoisotopic (exact) mass is 318 g/mol. The molecule has 0 saturated carbocycles. The molecule has 0 unspecified atom stereocenters. The predicted octanol–water partition coefficient (Wildman–Crippen LogP) is 4.22. The van der Waals surface area contributed by atoms with Gasteiger partial charge in [-0.25, -0.2) is 4.98 Å². The lowest BCUT2D eigenvalue weighted by Crippen LogP contribution is -2.21. The summed E-state index contributed by atoms with van der Waals surface area (Å²) in [5, 5.41) is 0. The fourth-order valence-corrected chi connectivity index (χ4v) is 2.65. The van der Waals surface area contributed by atoms with Crippen LogP contribution in [0.4, 0.5) is 5.82 Å². The first-order valence-electron chi connectivity index (χ1n) is 6.54. The van der Waals surface area contributed by atoms with E-state index in [0.717, 1.165) is 29.7 Å². The van der Waals surface area contributed by atoms with Crippen molar-refractivity contribution in [2.24, 2.45) is 0 Å². The molecule has 100 valence electrons. The van der Waals surface area contributed by atoms with Crippen molar-refractivity contribution in [3.8, 4) is 0 Å². The van der Waals surface area contributed by atoms with Crippen LogP contribution in [0.15, 0.2) is 47.1 Å². The highest BCUT2D eigenvalue weighted by Gasteiger charge is 2.06. The SMILES string of the molecule is Cc1cc(Br)cnc1N(C)CCCc1ccccc1. The van der Waals surface area contributed by atoms with E-state index in [-0.39, 0.29) is 0 Å². The third-order valence-corrected chi connectivity index (χ3v) is 3.61. The molecule has 0 bridgehead atoms. The van der Waals surface area contributed by atoms with Crippen LogP contribution >= 0.6 is 15.9 Å². The Morgan fingerprint density at radius 1 is 1.21 bits per heavy atom. The molecule has 0 atom stereocenters. The van der Waals surface area contributed by atoms with Gasteiger partial charge in [0, 0.05) is 24.3 Å². The van der Waals surface area contributed by atoms with Crippen LogP contribution in [0.1, 0.15) is 17.5 Å². The van der Waals surface area contributed by atoms with E-state index in [9.17, 15) is 0 Å². The summed E-state index contributed by atoms with van der Waals surface area (Å²) < 4.78 is 1.03. The van der Waals surface area contributed by atoms with Gasteiger partial charge in [-0.15, -0.1) is 0 Å². The maximum Gasteiger partial charge on any atom is 0.131 e. The minimum atomic E-state index is 1.02. The van der Waals surface area contributed by atoms with Gasteiger partial charge in [0.15, 0.2) is 0 Å². The molecule has 19 heavy (non-hydrogen) atoms. The lowest BCUT2D eigenvalue weighted by molar-refractivity contribution is 0.775. The quantitative estimate of drug-likeness (QED) is 0.820. The molecule has 0 fully saturated rings. The Bertz CT molecular complexity index is 526. The second kappa shape index (κ2) is 6.71. The van der Waals surface area contributed by atoms with Gasteiger partial charge in [0.1, 0.15) is 5.82 Å². The zero-order chi connectivity index (χ0) is 13.7. The summed E-state index contributed by atoms with van der Waals surface area (Å²) >= 11 is 3.45. The van der Waals surface area contributed by atoms with Crippen LogP contribution in [-0.2, 0) is 6.42 Å². The average molecular weight is 319 g/mol. The molecule has 0 N–H and O–H groups in total. The Morgan fingerprint density at radius 3 is 2.63 bits per heavy atom. The highest BCUT2D eigenvalue weighted by atomic mass is 79.9. The number of nitrogens with zero attached hydrogens (tertiary/aromatic N) is 2. The number of rotatable bonds is 5. The van der Waals surface area contributed by atoms with Gasteiger partial charge in [-0.05, 0) is 52.9 Å². The first-order chi connectivity index (χ1) is 9.16. The smallest absolute Gasteiger partial charge is 0.131 e. The summed E-state index contributed by atoms with van der Waals surface area (Å²) in [4.78, 5) is 6.71. The number of hydrogen-bond acceptors (Lipinski definition) is 2. The first kappa shape index (κ1) is 14.1. The van der Waals surface area contributed by atoms with Crippen molar-refractivity contribution in [3.05, 3.63) is 58.2 Å². The number of benzene rings is 1. The number of aryl methyl sites for hydroxylation is 2. The van der Waals surface area contributed by atoms with Gasteiger partial charge < -0.3 is 4.90 Å². The second-order valence-corrected chi connectivity index (χ2v) is 5.72.